The standard InChI is InChI=1S/C21H20O7/c1-10(2)4-6-12-14(23)9-16(25)17-18(26)21(27-3)19(28-20(12)17)11-5-7-13(22)15(24)8-11/h4-5,7-9,22-25H,6H2,1-3H3. The van der Waals surface area contributed by atoms with Crippen molar-refractivity contribution in [2.24, 2.45) is 0 Å². The Bertz CT molecular complexity index is 1150. The van der Waals surface area contributed by atoms with E-state index < -0.39 is 16.9 Å². The van der Waals surface area contributed by atoms with Gasteiger partial charge in [0.2, 0.25) is 11.2 Å². The molecule has 4 N–H and O–H groups in total. The molecule has 0 fully saturated rings. The van der Waals surface area contributed by atoms with E-state index in [0.29, 0.717) is 5.56 Å². The highest BCUT2D eigenvalue weighted by molar-refractivity contribution is 5.91. The molecule has 7 heteroatoms. The average Bonchev–Trinajstić information content (AvgIpc) is 2.62. The maximum Gasteiger partial charge on any atom is 0.239 e. The maximum absolute atomic E-state index is 13.0. The third kappa shape index (κ3) is 3.22. The van der Waals surface area contributed by atoms with Crippen molar-refractivity contribution >= 4 is 11.0 Å². The lowest BCUT2D eigenvalue weighted by Gasteiger charge is -2.13. The molecular weight excluding hydrogens is 364 g/mol. The van der Waals surface area contributed by atoms with Crippen LogP contribution in [0.25, 0.3) is 22.3 Å². The average molecular weight is 384 g/mol. The second-order valence-electron chi connectivity index (χ2n) is 6.58. The lowest BCUT2D eigenvalue weighted by atomic mass is 10.0. The summed E-state index contributed by atoms with van der Waals surface area (Å²) in [5.41, 5.74) is 1.01. The van der Waals surface area contributed by atoms with Crippen LogP contribution in [-0.4, -0.2) is 27.5 Å². The van der Waals surface area contributed by atoms with Gasteiger partial charge in [0.1, 0.15) is 22.5 Å². The molecular formula is C21H20O7. The maximum atomic E-state index is 13.0. The number of allylic oxidation sites excluding steroid dienone is 2. The Kier molecular flexibility index (Phi) is 4.92. The molecule has 0 aliphatic carbocycles. The van der Waals surface area contributed by atoms with Gasteiger partial charge in [-0.2, -0.15) is 0 Å². The lowest BCUT2D eigenvalue weighted by molar-refractivity contribution is 0.395. The molecule has 1 heterocycles. The predicted molar refractivity (Wildman–Crippen MR) is 104 cm³/mol. The van der Waals surface area contributed by atoms with E-state index in [1.807, 2.05) is 19.9 Å². The molecule has 0 unspecified atom stereocenters. The molecule has 7 nitrogen and oxygen atoms in total. The summed E-state index contributed by atoms with van der Waals surface area (Å²) >= 11 is 0. The smallest absolute Gasteiger partial charge is 0.239 e. The van der Waals surface area contributed by atoms with Gasteiger partial charge in [-0.25, -0.2) is 0 Å². The number of hydrogen-bond donors (Lipinski definition) is 4. The minimum absolute atomic E-state index is 0.00116. The number of rotatable bonds is 4. The first-order chi connectivity index (χ1) is 13.2. The van der Waals surface area contributed by atoms with Gasteiger partial charge in [0.05, 0.1) is 7.11 Å². The van der Waals surface area contributed by atoms with E-state index in [9.17, 15) is 25.2 Å². The van der Waals surface area contributed by atoms with Gasteiger partial charge >= 0.3 is 0 Å². The number of phenols is 4. The first kappa shape index (κ1) is 19.2. The molecule has 28 heavy (non-hydrogen) atoms. The second-order valence-corrected chi connectivity index (χ2v) is 6.58. The van der Waals surface area contributed by atoms with Gasteiger partial charge in [-0.1, -0.05) is 11.6 Å². The van der Waals surface area contributed by atoms with E-state index in [2.05, 4.69) is 0 Å². The monoisotopic (exact) mass is 384 g/mol. The fourth-order valence-electron chi connectivity index (χ4n) is 2.91. The van der Waals surface area contributed by atoms with Crippen LogP contribution >= 0.6 is 0 Å². The highest BCUT2D eigenvalue weighted by Crippen LogP contribution is 2.40. The van der Waals surface area contributed by atoms with E-state index in [-0.39, 0.29) is 46.0 Å². The Morgan fingerprint density at radius 2 is 1.75 bits per heavy atom. The van der Waals surface area contributed by atoms with Gasteiger partial charge in [0.15, 0.2) is 17.3 Å². The van der Waals surface area contributed by atoms with E-state index in [1.54, 1.807) is 0 Å². The molecule has 0 aliphatic heterocycles. The van der Waals surface area contributed by atoms with Gasteiger partial charge in [-0.15, -0.1) is 0 Å². The summed E-state index contributed by atoms with van der Waals surface area (Å²) in [6.45, 7) is 3.78. The van der Waals surface area contributed by atoms with Crippen molar-refractivity contribution in [2.75, 3.05) is 7.11 Å². The SMILES string of the molecule is COc1c(-c2ccc(O)c(O)c2)oc2c(CC=C(C)C)c(O)cc(O)c2c1=O. The van der Waals surface area contributed by atoms with Crippen molar-refractivity contribution < 1.29 is 29.6 Å². The summed E-state index contributed by atoms with van der Waals surface area (Å²) in [5.74, 6) is -1.54. The van der Waals surface area contributed by atoms with Gasteiger partial charge in [0.25, 0.3) is 0 Å². The second kappa shape index (κ2) is 7.19. The highest BCUT2D eigenvalue weighted by atomic mass is 16.5. The molecule has 146 valence electrons. The van der Waals surface area contributed by atoms with Crippen LogP contribution in [0.5, 0.6) is 28.7 Å². The minimum atomic E-state index is -0.623. The Balaban J connectivity index is 2.42. The van der Waals surface area contributed by atoms with Crippen LogP contribution in [-0.2, 0) is 6.42 Å². The molecule has 3 rings (SSSR count). The van der Waals surface area contributed by atoms with Gasteiger partial charge in [-0.05, 0) is 38.5 Å². The minimum Gasteiger partial charge on any atom is -0.507 e. The molecule has 0 aliphatic rings. The number of benzene rings is 2. The molecule has 2 aromatic carbocycles. The number of aromatic hydroxyl groups is 4. The first-order valence-corrected chi connectivity index (χ1v) is 8.49. The van der Waals surface area contributed by atoms with Crippen molar-refractivity contribution in [3.05, 3.63) is 51.7 Å². The van der Waals surface area contributed by atoms with Crippen LogP contribution in [0.3, 0.4) is 0 Å². The zero-order chi connectivity index (χ0) is 20.6. The van der Waals surface area contributed by atoms with Crippen LogP contribution in [0.4, 0.5) is 0 Å². The van der Waals surface area contributed by atoms with Crippen molar-refractivity contribution in [2.45, 2.75) is 20.3 Å². The normalized spacial score (nSPS) is 10.8. The van der Waals surface area contributed by atoms with Crippen LogP contribution < -0.4 is 10.2 Å². The summed E-state index contributed by atoms with van der Waals surface area (Å²) in [4.78, 5) is 13.0. The fraction of sp³-hybridized carbons (Fsp3) is 0.190. The van der Waals surface area contributed by atoms with Gasteiger partial charge in [-0.3, -0.25) is 4.79 Å². The van der Waals surface area contributed by atoms with Crippen LogP contribution in [0.15, 0.2) is 45.1 Å². The highest BCUT2D eigenvalue weighted by Gasteiger charge is 2.23. The molecule has 1 aromatic heterocycles. The largest absolute Gasteiger partial charge is 0.507 e. The van der Waals surface area contributed by atoms with Crippen LogP contribution in [0.2, 0.25) is 0 Å². The number of fused-ring (bicyclic) bond motifs is 1. The van der Waals surface area contributed by atoms with Crippen molar-refractivity contribution in [1.82, 2.24) is 0 Å². The zero-order valence-electron chi connectivity index (χ0n) is 15.6. The van der Waals surface area contributed by atoms with Crippen LogP contribution in [0.1, 0.15) is 19.4 Å². The summed E-state index contributed by atoms with van der Waals surface area (Å²) < 4.78 is 11.1. The summed E-state index contributed by atoms with van der Waals surface area (Å²) in [6.07, 6.45) is 2.13. The molecule has 0 atom stereocenters. The first-order valence-electron chi connectivity index (χ1n) is 8.49. The Labute approximate surface area is 160 Å². The Morgan fingerprint density at radius 3 is 2.36 bits per heavy atom. The zero-order valence-corrected chi connectivity index (χ0v) is 15.6. The molecule has 3 aromatic rings. The van der Waals surface area contributed by atoms with E-state index >= 15 is 0 Å². The van der Waals surface area contributed by atoms with Gasteiger partial charge in [0, 0.05) is 17.2 Å². The number of hydrogen-bond acceptors (Lipinski definition) is 7. The summed E-state index contributed by atoms with van der Waals surface area (Å²) in [6, 6.07) is 5.01. The molecule has 0 saturated carbocycles. The Hall–Kier alpha value is -3.61. The molecule has 0 saturated heterocycles. The van der Waals surface area contributed by atoms with Crippen LogP contribution in [0, 0.1) is 0 Å². The molecule has 0 spiro atoms. The summed E-state index contributed by atoms with van der Waals surface area (Å²) in [7, 11) is 1.28. The topological polar surface area (TPSA) is 120 Å². The number of methoxy groups -OCH3 is 1. The quantitative estimate of drug-likeness (QED) is 0.399. The predicted octanol–water partition coefficient (Wildman–Crippen LogP) is 3.80. The van der Waals surface area contributed by atoms with Crippen molar-refractivity contribution in [3.8, 4) is 40.1 Å². The van der Waals surface area contributed by atoms with E-state index in [4.69, 9.17) is 9.15 Å². The summed E-state index contributed by atoms with van der Waals surface area (Å²) in [5, 5.41) is 39.8. The third-order valence-electron chi connectivity index (χ3n) is 4.34. The number of ether oxygens (including phenoxy) is 1. The molecule has 0 radical (unpaired) electrons. The van der Waals surface area contributed by atoms with Crippen molar-refractivity contribution in [3.63, 3.8) is 0 Å². The lowest BCUT2D eigenvalue weighted by Crippen LogP contribution is -2.09. The van der Waals surface area contributed by atoms with E-state index in [0.717, 1.165) is 11.6 Å². The number of phenolic OH excluding ortho intramolecular Hbond substituents is 4. The third-order valence-corrected chi connectivity index (χ3v) is 4.34. The van der Waals surface area contributed by atoms with Gasteiger partial charge < -0.3 is 29.6 Å². The van der Waals surface area contributed by atoms with E-state index in [1.165, 1.54) is 25.3 Å². The molecule has 0 amide bonds. The Morgan fingerprint density at radius 1 is 1.04 bits per heavy atom. The fourth-order valence-corrected chi connectivity index (χ4v) is 2.91. The molecule has 0 bridgehead atoms. The van der Waals surface area contributed by atoms with Crippen molar-refractivity contribution in [1.29, 1.82) is 0 Å².